The lowest BCUT2D eigenvalue weighted by atomic mass is 9.95. The van der Waals surface area contributed by atoms with Crippen LogP contribution in [0.4, 0.5) is 5.13 Å². The molecule has 0 atom stereocenters. The van der Waals surface area contributed by atoms with Gasteiger partial charge in [0, 0.05) is 16.6 Å². The number of anilines is 1. The maximum Gasteiger partial charge on any atom is 0.263 e. The second kappa shape index (κ2) is 7.97. The normalized spacial score (nSPS) is 15.0. The van der Waals surface area contributed by atoms with Gasteiger partial charge in [0.15, 0.2) is 5.13 Å². The maximum absolute atomic E-state index is 12.5. The number of aryl methyl sites for hydroxylation is 1. The van der Waals surface area contributed by atoms with Crippen molar-refractivity contribution >= 4 is 39.9 Å². The highest BCUT2D eigenvalue weighted by atomic mass is 35.5. The molecular weight excluding hydrogens is 358 g/mol. The summed E-state index contributed by atoms with van der Waals surface area (Å²) in [6.07, 6.45) is 5.62. The van der Waals surface area contributed by atoms with Gasteiger partial charge in [0.25, 0.3) is 11.8 Å². The van der Waals surface area contributed by atoms with E-state index in [9.17, 15) is 9.59 Å². The Hall–Kier alpha value is -1.92. The Labute approximate surface area is 155 Å². The van der Waals surface area contributed by atoms with E-state index < -0.39 is 0 Å². The molecule has 2 amide bonds. The summed E-state index contributed by atoms with van der Waals surface area (Å²) < 4.78 is 0. The molecule has 1 aliphatic carbocycles. The van der Waals surface area contributed by atoms with Gasteiger partial charge < -0.3 is 5.32 Å². The molecule has 1 aromatic heterocycles. The molecule has 132 valence electrons. The first-order valence-corrected chi connectivity index (χ1v) is 9.57. The van der Waals surface area contributed by atoms with Gasteiger partial charge in [-0.25, -0.2) is 4.98 Å². The minimum absolute atomic E-state index is 0.106. The maximum atomic E-state index is 12.5. The number of halogens is 1. The largest absolute Gasteiger partial charge is 0.349 e. The Morgan fingerprint density at radius 2 is 1.96 bits per heavy atom. The number of nitrogens with zero attached hydrogens (tertiary/aromatic N) is 1. The highest BCUT2D eigenvalue weighted by Crippen LogP contribution is 2.25. The number of rotatable bonds is 4. The highest BCUT2D eigenvalue weighted by Gasteiger charge is 2.21. The number of nitrogens with one attached hydrogen (secondary N) is 2. The van der Waals surface area contributed by atoms with Gasteiger partial charge >= 0.3 is 0 Å². The van der Waals surface area contributed by atoms with Crippen LogP contribution in [0.25, 0.3) is 0 Å². The molecule has 1 saturated carbocycles. The molecule has 1 fully saturated rings. The fraction of sp³-hybridized carbons (Fsp3) is 0.389. The minimum atomic E-state index is -0.296. The molecule has 7 heteroatoms. The van der Waals surface area contributed by atoms with Gasteiger partial charge in [0.05, 0.1) is 5.69 Å². The monoisotopic (exact) mass is 377 g/mol. The Kier molecular flexibility index (Phi) is 5.71. The van der Waals surface area contributed by atoms with Gasteiger partial charge in [0.2, 0.25) is 0 Å². The Morgan fingerprint density at radius 1 is 1.20 bits per heavy atom. The molecule has 25 heavy (non-hydrogen) atoms. The third-order valence-corrected chi connectivity index (χ3v) is 5.56. The van der Waals surface area contributed by atoms with E-state index in [1.54, 1.807) is 31.2 Å². The van der Waals surface area contributed by atoms with Gasteiger partial charge in [0.1, 0.15) is 4.88 Å². The summed E-state index contributed by atoms with van der Waals surface area (Å²) in [5.41, 5.74) is 1.08. The number of thiazole rings is 1. The van der Waals surface area contributed by atoms with E-state index in [0.29, 0.717) is 26.3 Å². The number of carbonyl (C=O) groups excluding carboxylic acids is 2. The summed E-state index contributed by atoms with van der Waals surface area (Å²) >= 11 is 7.10. The molecule has 5 nitrogen and oxygen atoms in total. The van der Waals surface area contributed by atoms with Crippen molar-refractivity contribution in [1.82, 2.24) is 10.3 Å². The van der Waals surface area contributed by atoms with Crippen molar-refractivity contribution in [3.8, 4) is 0 Å². The zero-order chi connectivity index (χ0) is 17.8. The lowest BCUT2D eigenvalue weighted by Crippen LogP contribution is -2.36. The van der Waals surface area contributed by atoms with Crippen LogP contribution in [0.5, 0.6) is 0 Å². The van der Waals surface area contributed by atoms with Crippen LogP contribution in [-0.2, 0) is 0 Å². The van der Waals surface area contributed by atoms with Gasteiger partial charge in [-0.15, -0.1) is 0 Å². The third-order valence-electron chi connectivity index (χ3n) is 4.25. The zero-order valence-corrected chi connectivity index (χ0v) is 15.5. The molecule has 1 heterocycles. The van der Waals surface area contributed by atoms with Crippen molar-refractivity contribution in [2.45, 2.75) is 45.1 Å². The van der Waals surface area contributed by atoms with Crippen LogP contribution in [0.1, 0.15) is 57.8 Å². The van der Waals surface area contributed by atoms with Crippen molar-refractivity contribution in [1.29, 1.82) is 0 Å². The molecule has 1 aliphatic rings. The van der Waals surface area contributed by atoms with E-state index in [4.69, 9.17) is 11.6 Å². The average Bonchev–Trinajstić information content (AvgIpc) is 2.96. The number of hydrogen-bond acceptors (Lipinski definition) is 4. The van der Waals surface area contributed by atoms with Crippen LogP contribution < -0.4 is 10.6 Å². The van der Waals surface area contributed by atoms with Crippen LogP contribution in [0, 0.1) is 6.92 Å². The van der Waals surface area contributed by atoms with Crippen molar-refractivity contribution in [2.75, 3.05) is 5.32 Å². The molecule has 0 saturated heterocycles. The summed E-state index contributed by atoms with van der Waals surface area (Å²) in [6.45, 7) is 1.78. The fourth-order valence-corrected chi connectivity index (χ4v) is 4.01. The molecule has 0 aliphatic heterocycles. The lowest BCUT2D eigenvalue weighted by molar-refractivity contribution is 0.0930. The number of aromatic nitrogens is 1. The third kappa shape index (κ3) is 4.58. The molecule has 0 spiro atoms. The van der Waals surface area contributed by atoms with Crippen molar-refractivity contribution in [2.24, 2.45) is 0 Å². The first-order chi connectivity index (χ1) is 12.0. The number of hydrogen-bond donors (Lipinski definition) is 2. The number of amides is 2. The van der Waals surface area contributed by atoms with Crippen LogP contribution in [0.3, 0.4) is 0 Å². The predicted molar refractivity (Wildman–Crippen MR) is 101 cm³/mol. The van der Waals surface area contributed by atoms with Crippen LogP contribution in [0.2, 0.25) is 5.02 Å². The van der Waals surface area contributed by atoms with Crippen molar-refractivity contribution < 1.29 is 9.59 Å². The topological polar surface area (TPSA) is 71.1 Å². The first-order valence-electron chi connectivity index (χ1n) is 8.38. The standard InChI is InChI=1S/C18H20ClN3O2S/c1-11-15(17(24)21-14-8-3-2-4-9-14)25-18(20-11)22-16(23)12-6-5-7-13(19)10-12/h5-7,10,14H,2-4,8-9H2,1H3,(H,21,24)(H,20,22,23). The Balaban J connectivity index is 1.67. The van der Waals surface area contributed by atoms with Crippen molar-refractivity contribution in [3.05, 3.63) is 45.4 Å². The van der Waals surface area contributed by atoms with Crippen molar-refractivity contribution in [3.63, 3.8) is 0 Å². The van der Waals surface area contributed by atoms with Crippen LogP contribution >= 0.6 is 22.9 Å². The molecule has 0 unspecified atom stereocenters. The van der Waals surface area contributed by atoms with E-state index in [1.165, 1.54) is 17.8 Å². The predicted octanol–water partition coefficient (Wildman–Crippen LogP) is 4.42. The summed E-state index contributed by atoms with van der Waals surface area (Å²) in [5, 5.41) is 6.73. The quantitative estimate of drug-likeness (QED) is 0.828. The highest BCUT2D eigenvalue weighted by molar-refractivity contribution is 7.17. The molecule has 1 aromatic carbocycles. The Morgan fingerprint density at radius 3 is 2.68 bits per heavy atom. The molecular formula is C18H20ClN3O2S. The van der Waals surface area contributed by atoms with E-state index in [-0.39, 0.29) is 17.9 Å². The second-order valence-corrected chi connectivity index (χ2v) is 7.64. The summed E-state index contributed by atoms with van der Waals surface area (Å²) in [4.78, 5) is 29.6. The molecule has 0 bridgehead atoms. The van der Waals surface area contributed by atoms with Gasteiger partial charge in [-0.05, 0) is 38.0 Å². The molecule has 3 rings (SSSR count). The summed E-state index contributed by atoms with van der Waals surface area (Å²) in [5.74, 6) is -0.402. The SMILES string of the molecule is Cc1nc(NC(=O)c2cccc(Cl)c2)sc1C(=O)NC1CCCCC1. The minimum Gasteiger partial charge on any atom is -0.349 e. The van der Waals surface area contributed by atoms with Gasteiger partial charge in [-0.1, -0.05) is 48.3 Å². The average molecular weight is 378 g/mol. The second-order valence-electron chi connectivity index (χ2n) is 6.21. The smallest absolute Gasteiger partial charge is 0.263 e. The van der Waals surface area contributed by atoms with E-state index in [2.05, 4.69) is 15.6 Å². The molecule has 0 radical (unpaired) electrons. The lowest BCUT2D eigenvalue weighted by Gasteiger charge is -2.22. The van der Waals surface area contributed by atoms with Crippen LogP contribution in [0.15, 0.2) is 24.3 Å². The van der Waals surface area contributed by atoms with E-state index >= 15 is 0 Å². The summed E-state index contributed by atoms with van der Waals surface area (Å²) in [7, 11) is 0. The van der Waals surface area contributed by atoms with Gasteiger partial charge in [-0.3, -0.25) is 14.9 Å². The number of benzene rings is 1. The molecule has 2 aromatic rings. The number of carbonyl (C=O) groups is 2. The zero-order valence-electron chi connectivity index (χ0n) is 14.0. The molecule has 2 N–H and O–H groups in total. The summed E-state index contributed by atoms with van der Waals surface area (Å²) in [6, 6.07) is 6.94. The van der Waals surface area contributed by atoms with Crippen LogP contribution in [-0.4, -0.2) is 22.8 Å². The van der Waals surface area contributed by atoms with E-state index in [1.807, 2.05) is 0 Å². The van der Waals surface area contributed by atoms with Gasteiger partial charge in [-0.2, -0.15) is 0 Å². The first kappa shape index (κ1) is 17.9. The Bertz CT molecular complexity index is 784. The fourth-order valence-electron chi connectivity index (χ4n) is 2.96. The van der Waals surface area contributed by atoms with E-state index in [0.717, 1.165) is 25.7 Å².